The van der Waals surface area contributed by atoms with Gasteiger partial charge in [0.1, 0.15) is 10.6 Å². The molecular weight excluding hydrogens is 460 g/mol. The van der Waals surface area contributed by atoms with Crippen molar-refractivity contribution in [2.45, 2.75) is 17.5 Å². The third kappa shape index (κ3) is 5.95. The Labute approximate surface area is 205 Å². The molecule has 0 fully saturated rings. The molecule has 7 heteroatoms. The lowest BCUT2D eigenvalue weighted by Gasteiger charge is -2.20. The summed E-state index contributed by atoms with van der Waals surface area (Å²) in [6.07, 6.45) is 0. The summed E-state index contributed by atoms with van der Waals surface area (Å²) >= 11 is 0. The van der Waals surface area contributed by atoms with Gasteiger partial charge in [0.2, 0.25) is 10.0 Å². The minimum absolute atomic E-state index is 0.0976. The highest BCUT2D eigenvalue weighted by atomic mass is 32.2. The lowest BCUT2D eigenvalue weighted by molar-refractivity contribution is 0.0942. The fourth-order valence-corrected chi connectivity index (χ4v) is 4.95. The summed E-state index contributed by atoms with van der Waals surface area (Å²) in [4.78, 5) is 13.2. The van der Waals surface area contributed by atoms with E-state index in [9.17, 15) is 13.2 Å². The van der Waals surface area contributed by atoms with Gasteiger partial charge < -0.3 is 10.1 Å². The molecule has 4 aromatic carbocycles. The molecule has 1 amide bonds. The maximum Gasteiger partial charge on any atom is 0.252 e. The van der Waals surface area contributed by atoms with E-state index in [0.717, 1.165) is 16.7 Å². The van der Waals surface area contributed by atoms with Crippen molar-refractivity contribution in [3.8, 4) is 5.75 Å². The second-order valence-electron chi connectivity index (χ2n) is 7.90. The molecule has 2 N–H and O–H groups in total. The van der Waals surface area contributed by atoms with Crippen molar-refractivity contribution >= 4 is 15.9 Å². The summed E-state index contributed by atoms with van der Waals surface area (Å²) in [5.41, 5.74) is 2.86. The van der Waals surface area contributed by atoms with Gasteiger partial charge in [-0.15, -0.1) is 0 Å². The normalized spacial score (nSPS) is 11.3. The van der Waals surface area contributed by atoms with Crippen molar-refractivity contribution < 1.29 is 17.9 Å². The van der Waals surface area contributed by atoms with Crippen LogP contribution in [0, 0.1) is 0 Å². The number of hydrogen-bond donors (Lipinski definition) is 2. The van der Waals surface area contributed by atoms with Crippen LogP contribution in [0.4, 0.5) is 0 Å². The lowest BCUT2D eigenvalue weighted by Crippen LogP contribution is -2.30. The minimum atomic E-state index is -3.95. The SMILES string of the molecule is COc1ccc(C(=O)NC(c2ccccc2)c2ccccc2)cc1S(=O)(=O)NCc1ccccc1. The Kier molecular flexibility index (Phi) is 7.60. The van der Waals surface area contributed by atoms with E-state index < -0.39 is 22.0 Å². The number of nitrogens with one attached hydrogen (secondary N) is 2. The van der Waals surface area contributed by atoms with Crippen molar-refractivity contribution in [1.82, 2.24) is 10.0 Å². The van der Waals surface area contributed by atoms with Gasteiger partial charge >= 0.3 is 0 Å². The molecule has 0 aliphatic carbocycles. The fourth-order valence-electron chi connectivity index (χ4n) is 3.74. The van der Waals surface area contributed by atoms with E-state index >= 15 is 0 Å². The van der Waals surface area contributed by atoms with Crippen molar-refractivity contribution in [2.75, 3.05) is 7.11 Å². The summed E-state index contributed by atoms with van der Waals surface area (Å²) in [6, 6.07) is 32.4. The number of methoxy groups -OCH3 is 1. The van der Waals surface area contributed by atoms with Gasteiger partial charge in [-0.2, -0.15) is 0 Å². The molecule has 0 radical (unpaired) electrons. The summed E-state index contributed by atoms with van der Waals surface area (Å²) in [5, 5.41) is 3.04. The number of amides is 1. The second kappa shape index (κ2) is 11.0. The lowest BCUT2D eigenvalue weighted by atomic mass is 9.98. The number of sulfonamides is 1. The molecular formula is C28H26N2O4S. The summed E-state index contributed by atoms with van der Waals surface area (Å²) < 4.78 is 34.1. The van der Waals surface area contributed by atoms with Crippen LogP contribution in [-0.2, 0) is 16.6 Å². The Hall–Kier alpha value is -3.94. The van der Waals surface area contributed by atoms with Crippen LogP contribution in [0.3, 0.4) is 0 Å². The van der Waals surface area contributed by atoms with Gasteiger partial charge in [0.25, 0.3) is 5.91 Å². The van der Waals surface area contributed by atoms with Crippen LogP contribution in [0.25, 0.3) is 0 Å². The zero-order chi connectivity index (χ0) is 24.7. The smallest absolute Gasteiger partial charge is 0.252 e. The molecule has 0 aliphatic heterocycles. The first-order valence-corrected chi connectivity index (χ1v) is 12.6. The topological polar surface area (TPSA) is 84.5 Å². The Morgan fingerprint density at radius 3 is 1.89 bits per heavy atom. The summed E-state index contributed by atoms with van der Waals surface area (Å²) in [5.74, 6) is -0.241. The van der Waals surface area contributed by atoms with E-state index in [2.05, 4.69) is 10.0 Å². The Bertz CT molecular complexity index is 1340. The third-order valence-corrected chi connectivity index (χ3v) is 6.99. The van der Waals surface area contributed by atoms with E-state index in [1.807, 2.05) is 91.0 Å². The van der Waals surface area contributed by atoms with Crippen LogP contribution < -0.4 is 14.8 Å². The van der Waals surface area contributed by atoms with Crippen LogP contribution in [0.1, 0.15) is 33.1 Å². The largest absolute Gasteiger partial charge is 0.495 e. The predicted molar refractivity (Wildman–Crippen MR) is 136 cm³/mol. The van der Waals surface area contributed by atoms with E-state index in [4.69, 9.17) is 4.74 Å². The van der Waals surface area contributed by atoms with Crippen LogP contribution in [-0.4, -0.2) is 21.4 Å². The molecule has 0 saturated carbocycles. The first-order chi connectivity index (χ1) is 17.0. The second-order valence-corrected chi connectivity index (χ2v) is 9.64. The van der Waals surface area contributed by atoms with Crippen molar-refractivity contribution in [3.05, 3.63) is 131 Å². The number of benzene rings is 4. The van der Waals surface area contributed by atoms with Gasteiger partial charge in [-0.1, -0.05) is 91.0 Å². The zero-order valence-corrected chi connectivity index (χ0v) is 20.0. The Morgan fingerprint density at radius 2 is 1.34 bits per heavy atom. The van der Waals surface area contributed by atoms with Crippen LogP contribution in [0.15, 0.2) is 114 Å². The molecule has 0 heterocycles. The number of carbonyl (C=O) groups excluding carboxylic acids is 1. The Morgan fingerprint density at radius 1 is 0.800 bits per heavy atom. The maximum absolute atomic E-state index is 13.3. The minimum Gasteiger partial charge on any atom is -0.495 e. The quantitative estimate of drug-likeness (QED) is 0.359. The number of ether oxygens (including phenoxy) is 1. The average Bonchev–Trinajstić information content (AvgIpc) is 2.91. The molecule has 0 aliphatic rings. The number of hydrogen-bond acceptors (Lipinski definition) is 4. The summed E-state index contributed by atoms with van der Waals surface area (Å²) in [6.45, 7) is 0.118. The van der Waals surface area contributed by atoms with Crippen molar-refractivity contribution in [3.63, 3.8) is 0 Å². The number of rotatable bonds is 9. The first-order valence-electron chi connectivity index (χ1n) is 11.1. The first kappa shape index (κ1) is 24.2. The van der Waals surface area contributed by atoms with Gasteiger partial charge in [0.05, 0.1) is 13.2 Å². The summed E-state index contributed by atoms with van der Waals surface area (Å²) in [7, 11) is -2.55. The van der Waals surface area contributed by atoms with Crippen LogP contribution in [0.2, 0.25) is 0 Å². The molecule has 4 rings (SSSR count). The Balaban J connectivity index is 1.62. The molecule has 35 heavy (non-hydrogen) atoms. The molecule has 0 atom stereocenters. The van der Waals surface area contributed by atoms with E-state index in [1.54, 1.807) is 6.07 Å². The third-order valence-electron chi connectivity index (χ3n) is 5.57. The molecule has 0 unspecified atom stereocenters. The van der Waals surface area contributed by atoms with Crippen molar-refractivity contribution in [1.29, 1.82) is 0 Å². The number of carbonyl (C=O) groups is 1. The molecule has 4 aromatic rings. The molecule has 0 spiro atoms. The van der Waals surface area contributed by atoms with Crippen LogP contribution >= 0.6 is 0 Å². The van der Waals surface area contributed by atoms with E-state index in [-0.39, 0.29) is 22.8 Å². The highest BCUT2D eigenvalue weighted by molar-refractivity contribution is 7.89. The fraction of sp³-hybridized carbons (Fsp3) is 0.107. The average molecular weight is 487 g/mol. The molecule has 178 valence electrons. The maximum atomic E-state index is 13.3. The van der Waals surface area contributed by atoms with E-state index in [0.29, 0.717) is 0 Å². The highest BCUT2D eigenvalue weighted by Crippen LogP contribution is 2.27. The standard InChI is InChI=1S/C28H26N2O4S/c1-34-25-18-17-24(19-26(25)35(32,33)29-20-21-11-5-2-6-12-21)28(31)30-27(22-13-7-3-8-14-22)23-15-9-4-10-16-23/h2-19,27,29H,20H2,1H3,(H,30,31). The molecule has 6 nitrogen and oxygen atoms in total. The van der Waals surface area contributed by atoms with Gasteiger partial charge in [-0.3, -0.25) is 4.79 Å². The highest BCUT2D eigenvalue weighted by Gasteiger charge is 2.23. The monoisotopic (exact) mass is 486 g/mol. The predicted octanol–water partition coefficient (Wildman–Crippen LogP) is 4.69. The molecule has 0 aromatic heterocycles. The van der Waals surface area contributed by atoms with Gasteiger partial charge in [0, 0.05) is 12.1 Å². The zero-order valence-electron chi connectivity index (χ0n) is 19.2. The van der Waals surface area contributed by atoms with Gasteiger partial charge in [-0.05, 0) is 34.9 Å². The molecule has 0 bridgehead atoms. The van der Waals surface area contributed by atoms with Crippen LogP contribution in [0.5, 0.6) is 5.75 Å². The van der Waals surface area contributed by atoms with Gasteiger partial charge in [-0.25, -0.2) is 13.1 Å². The van der Waals surface area contributed by atoms with E-state index in [1.165, 1.54) is 19.2 Å². The van der Waals surface area contributed by atoms with Crippen molar-refractivity contribution in [2.24, 2.45) is 0 Å². The molecule has 0 saturated heterocycles. The van der Waals surface area contributed by atoms with Gasteiger partial charge in [0.15, 0.2) is 0 Å².